The highest BCUT2D eigenvalue weighted by Crippen LogP contribution is 2.18. The summed E-state index contributed by atoms with van der Waals surface area (Å²) in [6.07, 6.45) is 4.26. The predicted octanol–water partition coefficient (Wildman–Crippen LogP) is 1.63. The lowest BCUT2D eigenvalue weighted by Crippen LogP contribution is -2.43. The van der Waals surface area contributed by atoms with E-state index in [1.54, 1.807) is 0 Å². The Morgan fingerprint density at radius 2 is 2.27 bits per heavy atom. The Bertz CT molecular complexity index is 206. The Hall–Kier alpha value is -0.570. The average molecular weight is 212 g/mol. The average Bonchev–Trinajstić information content (AvgIpc) is 2.24. The molecule has 0 bridgehead atoms. The lowest BCUT2D eigenvalue weighted by atomic mass is 9.92. The second kappa shape index (κ2) is 6.11. The SMILES string of the molecule is CCCCN(C)C(=O)C1CCNC(C)C1. The number of unbranched alkanes of at least 4 members (excludes halogenated alkanes) is 1. The normalized spacial score (nSPS) is 26.3. The van der Waals surface area contributed by atoms with Crippen LogP contribution in [0.3, 0.4) is 0 Å². The molecular formula is C12H24N2O. The molecule has 0 radical (unpaired) electrons. The van der Waals surface area contributed by atoms with Crippen molar-refractivity contribution in [3.05, 3.63) is 0 Å². The minimum atomic E-state index is 0.253. The van der Waals surface area contributed by atoms with Gasteiger partial charge in [0.15, 0.2) is 0 Å². The Labute approximate surface area is 93.2 Å². The molecule has 1 heterocycles. The lowest BCUT2D eigenvalue weighted by molar-refractivity contribution is -0.135. The summed E-state index contributed by atoms with van der Waals surface area (Å²) < 4.78 is 0. The van der Waals surface area contributed by atoms with E-state index in [9.17, 15) is 4.79 Å². The van der Waals surface area contributed by atoms with E-state index in [0.717, 1.165) is 38.8 Å². The molecule has 0 spiro atoms. The number of piperidine rings is 1. The summed E-state index contributed by atoms with van der Waals surface area (Å²) in [5.74, 6) is 0.597. The zero-order valence-corrected chi connectivity index (χ0v) is 10.3. The molecule has 3 nitrogen and oxygen atoms in total. The Balaban J connectivity index is 2.37. The maximum atomic E-state index is 12.0. The highest BCUT2D eigenvalue weighted by molar-refractivity contribution is 5.78. The number of carbonyl (C=O) groups excluding carboxylic acids is 1. The molecule has 1 saturated heterocycles. The van der Waals surface area contributed by atoms with Crippen LogP contribution in [-0.2, 0) is 4.79 Å². The molecule has 1 aliphatic rings. The quantitative estimate of drug-likeness (QED) is 0.768. The van der Waals surface area contributed by atoms with Gasteiger partial charge in [0.05, 0.1) is 0 Å². The first-order chi connectivity index (χ1) is 7.15. The third-order valence-electron chi connectivity index (χ3n) is 3.20. The molecule has 1 rings (SSSR count). The van der Waals surface area contributed by atoms with E-state index in [1.807, 2.05) is 11.9 Å². The van der Waals surface area contributed by atoms with Crippen LogP contribution in [0.5, 0.6) is 0 Å². The highest BCUT2D eigenvalue weighted by Gasteiger charge is 2.26. The van der Waals surface area contributed by atoms with Crippen molar-refractivity contribution in [2.45, 2.75) is 45.6 Å². The van der Waals surface area contributed by atoms with Crippen molar-refractivity contribution in [1.29, 1.82) is 0 Å². The highest BCUT2D eigenvalue weighted by atomic mass is 16.2. The van der Waals surface area contributed by atoms with Gasteiger partial charge in [-0.3, -0.25) is 4.79 Å². The van der Waals surface area contributed by atoms with Crippen LogP contribution in [0, 0.1) is 5.92 Å². The van der Waals surface area contributed by atoms with E-state index in [4.69, 9.17) is 0 Å². The zero-order chi connectivity index (χ0) is 11.3. The Morgan fingerprint density at radius 3 is 2.87 bits per heavy atom. The fourth-order valence-corrected chi connectivity index (χ4v) is 2.17. The van der Waals surface area contributed by atoms with Crippen molar-refractivity contribution in [3.8, 4) is 0 Å². The molecule has 2 atom stereocenters. The number of amides is 1. The third-order valence-corrected chi connectivity index (χ3v) is 3.20. The van der Waals surface area contributed by atoms with Gasteiger partial charge in [-0.1, -0.05) is 13.3 Å². The van der Waals surface area contributed by atoms with Gasteiger partial charge in [-0.2, -0.15) is 0 Å². The van der Waals surface area contributed by atoms with Crippen LogP contribution in [0.1, 0.15) is 39.5 Å². The van der Waals surface area contributed by atoms with Crippen molar-refractivity contribution in [1.82, 2.24) is 10.2 Å². The van der Waals surface area contributed by atoms with Crippen LogP contribution in [0.4, 0.5) is 0 Å². The summed E-state index contributed by atoms with van der Waals surface area (Å²) in [6, 6.07) is 0.493. The fraction of sp³-hybridized carbons (Fsp3) is 0.917. The monoisotopic (exact) mass is 212 g/mol. The van der Waals surface area contributed by atoms with Crippen LogP contribution >= 0.6 is 0 Å². The van der Waals surface area contributed by atoms with Gasteiger partial charge in [0, 0.05) is 25.6 Å². The molecule has 2 unspecified atom stereocenters. The summed E-state index contributed by atoms with van der Waals surface area (Å²) >= 11 is 0. The summed E-state index contributed by atoms with van der Waals surface area (Å²) in [6.45, 7) is 6.21. The summed E-state index contributed by atoms with van der Waals surface area (Å²) in [5.41, 5.74) is 0. The number of hydrogen-bond donors (Lipinski definition) is 1. The number of nitrogens with one attached hydrogen (secondary N) is 1. The smallest absolute Gasteiger partial charge is 0.225 e. The minimum absolute atomic E-state index is 0.253. The maximum absolute atomic E-state index is 12.0. The third kappa shape index (κ3) is 3.82. The van der Waals surface area contributed by atoms with Crippen molar-refractivity contribution >= 4 is 5.91 Å². The molecule has 0 aromatic rings. The first-order valence-electron chi connectivity index (χ1n) is 6.13. The Morgan fingerprint density at radius 1 is 1.53 bits per heavy atom. The second-order valence-electron chi connectivity index (χ2n) is 4.69. The van der Waals surface area contributed by atoms with Crippen LogP contribution in [0.15, 0.2) is 0 Å². The molecule has 88 valence electrons. The molecule has 15 heavy (non-hydrogen) atoms. The van der Waals surface area contributed by atoms with E-state index in [1.165, 1.54) is 0 Å². The van der Waals surface area contributed by atoms with Crippen LogP contribution in [0.2, 0.25) is 0 Å². The lowest BCUT2D eigenvalue weighted by Gasteiger charge is -2.30. The first kappa shape index (κ1) is 12.5. The fourth-order valence-electron chi connectivity index (χ4n) is 2.17. The van der Waals surface area contributed by atoms with E-state index in [0.29, 0.717) is 11.9 Å². The van der Waals surface area contributed by atoms with Gasteiger partial charge in [0.1, 0.15) is 0 Å². The molecule has 1 aliphatic heterocycles. The molecular weight excluding hydrogens is 188 g/mol. The van der Waals surface area contributed by atoms with Gasteiger partial charge in [-0.25, -0.2) is 0 Å². The van der Waals surface area contributed by atoms with Crippen LogP contribution in [-0.4, -0.2) is 37.0 Å². The van der Waals surface area contributed by atoms with E-state index in [-0.39, 0.29) is 5.92 Å². The molecule has 1 amide bonds. The molecule has 1 fully saturated rings. The molecule has 0 aromatic heterocycles. The number of nitrogens with zero attached hydrogens (tertiary/aromatic N) is 1. The first-order valence-corrected chi connectivity index (χ1v) is 6.13. The van der Waals surface area contributed by atoms with E-state index < -0.39 is 0 Å². The van der Waals surface area contributed by atoms with Crippen molar-refractivity contribution < 1.29 is 4.79 Å². The molecule has 0 aromatic carbocycles. The van der Waals surface area contributed by atoms with Crippen molar-refractivity contribution in [2.24, 2.45) is 5.92 Å². The van der Waals surface area contributed by atoms with Gasteiger partial charge < -0.3 is 10.2 Å². The topological polar surface area (TPSA) is 32.3 Å². The summed E-state index contributed by atoms with van der Waals surface area (Å²) in [4.78, 5) is 14.0. The van der Waals surface area contributed by atoms with E-state index >= 15 is 0 Å². The molecule has 3 heteroatoms. The predicted molar refractivity (Wildman–Crippen MR) is 62.7 cm³/mol. The van der Waals surface area contributed by atoms with Gasteiger partial charge in [-0.05, 0) is 32.7 Å². The van der Waals surface area contributed by atoms with Gasteiger partial charge in [0.25, 0.3) is 0 Å². The molecule has 0 aliphatic carbocycles. The summed E-state index contributed by atoms with van der Waals surface area (Å²) in [7, 11) is 1.94. The summed E-state index contributed by atoms with van der Waals surface area (Å²) in [5, 5.41) is 3.38. The Kier molecular flexibility index (Phi) is 5.09. The standard InChI is InChI=1S/C12H24N2O/c1-4-5-8-14(3)12(15)11-6-7-13-10(2)9-11/h10-11,13H,4-9H2,1-3H3. The molecule has 0 saturated carbocycles. The van der Waals surface area contributed by atoms with Gasteiger partial charge in [-0.15, -0.1) is 0 Å². The number of hydrogen-bond acceptors (Lipinski definition) is 2. The van der Waals surface area contributed by atoms with Crippen LogP contribution in [0.25, 0.3) is 0 Å². The van der Waals surface area contributed by atoms with Gasteiger partial charge >= 0.3 is 0 Å². The van der Waals surface area contributed by atoms with Crippen molar-refractivity contribution in [3.63, 3.8) is 0 Å². The second-order valence-corrected chi connectivity index (χ2v) is 4.69. The largest absolute Gasteiger partial charge is 0.346 e. The van der Waals surface area contributed by atoms with Gasteiger partial charge in [0.2, 0.25) is 5.91 Å². The molecule has 1 N–H and O–H groups in total. The number of carbonyl (C=O) groups is 1. The maximum Gasteiger partial charge on any atom is 0.225 e. The van der Waals surface area contributed by atoms with Crippen molar-refractivity contribution in [2.75, 3.05) is 20.1 Å². The zero-order valence-electron chi connectivity index (χ0n) is 10.3. The van der Waals surface area contributed by atoms with E-state index in [2.05, 4.69) is 19.2 Å². The minimum Gasteiger partial charge on any atom is -0.346 e. The number of rotatable bonds is 4. The van der Waals surface area contributed by atoms with Crippen LogP contribution < -0.4 is 5.32 Å².